The lowest BCUT2D eigenvalue weighted by molar-refractivity contribution is 0.0950. The fraction of sp³-hybridized carbons (Fsp3) is 0.545. The second kappa shape index (κ2) is 4.77. The van der Waals surface area contributed by atoms with Crippen LogP contribution in [0.25, 0.3) is 0 Å². The predicted octanol–water partition coefficient (Wildman–Crippen LogP) is 1.54. The number of carbonyl (C=O) groups is 1. The second-order valence-corrected chi connectivity index (χ2v) is 4.72. The summed E-state index contributed by atoms with van der Waals surface area (Å²) < 4.78 is 0. The molecule has 1 atom stereocenters. The number of nitrogens with one attached hydrogen (secondary N) is 2. The smallest absolute Gasteiger partial charge is 0.252 e. The Bertz CT molecular complexity index is 342. The Balaban J connectivity index is 1.84. The maximum absolute atomic E-state index is 11.8. The van der Waals surface area contributed by atoms with Crippen molar-refractivity contribution in [2.45, 2.75) is 25.8 Å². The monoisotopic (exact) mass is 224 g/mol. The molecular formula is C11H16N2OS. The molecule has 2 heterocycles. The lowest BCUT2D eigenvalue weighted by Gasteiger charge is -2.11. The molecule has 0 aliphatic carbocycles. The molecule has 1 aromatic heterocycles. The van der Waals surface area contributed by atoms with Gasteiger partial charge >= 0.3 is 0 Å². The van der Waals surface area contributed by atoms with Gasteiger partial charge in [-0.1, -0.05) is 0 Å². The largest absolute Gasteiger partial charge is 0.350 e. The molecule has 0 bridgehead atoms. The highest BCUT2D eigenvalue weighted by Gasteiger charge is 2.16. The molecule has 1 amide bonds. The molecule has 1 saturated heterocycles. The van der Waals surface area contributed by atoms with Crippen molar-refractivity contribution in [3.63, 3.8) is 0 Å². The Morgan fingerprint density at radius 3 is 3.13 bits per heavy atom. The van der Waals surface area contributed by atoms with E-state index in [-0.39, 0.29) is 5.91 Å². The van der Waals surface area contributed by atoms with Crippen LogP contribution in [0.1, 0.15) is 28.8 Å². The summed E-state index contributed by atoms with van der Waals surface area (Å²) in [6.07, 6.45) is 2.39. The molecule has 3 nitrogen and oxygen atoms in total. The average Bonchev–Trinajstić information content (AvgIpc) is 2.84. The molecular weight excluding hydrogens is 208 g/mol. The van der Waals surface area contributed by atoms with Crippen molar-refractivity contribution in [3.05, 3.63) is 21.9 Å². The zero-order valence-corrected chi connectivity index (χ0v) is 9.69. The van der Waals surface area contributed by atoms with E-state index in [2.05, 4.69) is 10.6 Å². The van der Waals surface area contributed by atoms with Crippen LogP contribution in [-0.4, -0.2) is 25.0 Å². The Hall–Kier alpha value is -0.870. The number of carbonyl (C=O) groups excluding carboxylic acids is 1. The third-order valence-corrected chi connectivity index (χ3v) is 3.63. The third kappa shape index (κ3) is 2.58. The average molecular weight is 224 g/mol. The summed E-state index contributed by atoms with van der Waals surface area (Å²) in [6.45, 7) is 3.80. The summed E-state index contributed by atoms with van der Waals surface area (Å²) in [5.74, 6) is 0.0578. The summed E-state index contributed by atoms with van der Waals surface area (Å²) in [5, 5.41) is 10.2. The number of thiophene rings is 1. The first-order chi connectivity index (χ1) is 7.27. The summed E-state index contributed by atoms with van der Waals surface area (Å²) >= 11 is 1.58. The highest BCUT2D eigenvalue weighted by atomic mass is 32.1. The van der Waals surface area contributed by atoms with E-state index in [1.54, 1.807) is 11.3 Å². The molecule has 15 heavy (non-hydrogen) atoms. The molecule has 1 aromatic rings. The molecule has 0 spiro atoms. The van der Waals surface area contributed by atoms with Gasteiger partial charge in [-0.2, -0.15) is 11.3 Å². The lowest BCUT2D eigenvalue weighted by Crippen LogP contribution is -2.37. The van der Waals surface area contributed by atoms with Gasteiger partial charge in [0, 0.05) is 18.0 Å². The second-order valence-electron chi connectivity index (χ2n) is 3.97. The van der Waals surface area contributed by atoms with Crippen molar-refractivity contribution >= 4 is 17.2 Å². The van der Waals surface area contributed by atoms with Crippen molar-refractivity contribution in [1.82, 2.24) is 10.6 Å². The third-order valence-electron chi connectivity index (χ3n) is 2.77. The summed E-state index contributed by atoms with van der Waals surface area (Å²) in [4.78, 5) is 11.8. The molecule has 1 aliphatic rings. The van der Waals surface area contributed by atoms with Crippen LogP contribution in [0.5, 0.6) is 0 Å². The van der Waals surface area contributed by atoms with Gasteiger partial charge in [-0.3, -0.25) is 4.79 Å². The molecule has 2 rings (SSSR count). The first-order valence-corrected chi connectivity index (χ1v) is 6.26. The minimum Gasteiger partial charge on any atom is -0.350 e. The predicted molar refractivity (Wildman–Crippen MR) is 62.4 cm³/mol. The van der Waals surface area contributed by atoms with Crippen molar-refractivity contribution in [2.24, 2.45) is 0 Å². The summed E-state index contributed by atoms with van der Waals surface area (Å²) in [7, 11) is 0. The van der Waals surface area contributed by atoms with Gasteiger partial charge < -0.3 is 10.6 Å². The lowest BCUT2D eigenvalue weighted by atomic mass is 10.2. The van der Waals surface area contributed by atoms with E-state index >= 15 is 0 Å². The number of hydrogen-bond donors (Lipinski definition) is 2. The van der Waals surface area contributed by atoms with Gasteiger partial charge in [-0.25, -0.2) is 0 Å². The molecule has 1 fully saturated rings. The van der Waals surface area contributed by atoms with E-state index in [1.165, 1.54) is 12.8 Å². The Morgan fingerprint density at radius 1 is 1.67 bits per heavy atom. The van der Waals surface area contributed by atoms with Crippen LogP contribution in [-0.2, 0) is 0 Å². The minimum atomic E-state index is 0.0578. The van der Waals surface area contributed by atoms with Gasteiger partial charge in [-0.15, -0.1) is 0 Å². The van der Waals surface area contributed by atoms with Crippen LogP contribution >= 0.6 is 11.3 Å². The summed E-state index contributed by atoms with van der Waals surface area (Å²) in [6, 6.07) is 0.466. The van der Waals surface area contributed by atoms with Crippen molar-refractivity contribution in [2.75, 3.05) is 13.1 Å². The fourth-order valence-corrected chi connectivity index (χ4v) is 2.66. The summed E-state index contributed by atoms with van der Waals surface area (Å²) in [5.41, 5.74) is 1.88. The van der Waals surface area contributed by atoms with Gasteiger partial charge in [0.15, 0.2) is 0 Å². The molecule has 0 aromatic carbocycles. The van der Waals surface area contributed by atoms with E-state index in [1.807, 2.05) is 17.7 Å². The first-order valence-electron chi connectivity index (χ1n) is 5.32. The normalized spacial score (nSPS) is 20.5. The SMILES string of the molecule is Cc1cscc1C(=O)NCC1CCCN1. The van der Waals surface area contributed by atoms with E-state index < -0.39 is 0 Å². The maximum atomic E-state index is 11.8. The quantitative estimate of drug-likeness (QED) is 0.817. The number of rotatable bonds is 3. The maximum Gasteiger partial charge on any atom is 0.252 e. The van der Waals surface area contributed by atoms with Crippen LogP contribution in [0, 0.1) is 6.92 Å². The van der Waals surface area contributed by atoms with Crippen molar-refractivity contribution < 1.29 is 4.79 Å². The van der Waals surface area contributed by atoms with Crippen molar-refractivity contribution in [1.29, 1.82) is 0 Å². The van der Waals surface area contributed by atoms with E-state index in [4.69, 9.17) is 0 Å². The van der Waals surface area contributed by atoms with Gasteiger partial charge in [0.05, 0.1) is 5.56 Å². The van der Waals surface area contributed by atoms with Gasteiger partial charge in [0.2, 0.25) is 0 Å². The Morgan fingerprint density at radius 2 is 2.53 bits per heavy atom. The molecule has 1 unspecified atom stereocenters. The Labute approximate surface area is 93.9 Å². The highest BCUT2D eigenvalue weighted by Crippen LogP contribution is 2.13. The number of amides is 1. The van der Waals surface area contributed by atoms with Crippen molar-refractivity contribution in [3.8, 4) is 0 Å². The number of aryl methyl sites for hydroxylation is 1. The van der Waals surface area contributed by atoms with Crippen LogP contribution in [0.3, 0.4) is 0 Å². The molecule has 82 valence electrons. The first kappa shape index (κ1) is 10.6. The van der Waals surface area contributed by atoms with E-state index in [9.17, 15) is 4.79 Å². The zero-order valence-electron chi connectivity index (χ0n) is 8.88. The minimum absolute atomic E-state index is 0.0578. The standard InChI is InChI=1S/C11H16N2OS/c1-8-6-15-7-10(8)11(14)13-5-9-3-2-4-12-9/h6-7,9,12H,2-5H2,1H3,(H,13,14). The molecule has 2 N–H and O–H groups in total. The van der Waals surface area contributed by atoms with Crippen LogP contribution in [0.4, 0.5) is 0 Å². The fourth-order valence-electron chi connectivity index (χ4n) is 1.84. The molecule has 0 saturated carbocycles. The Kier molecular flexibility index (Phi) is 3.38. The van der Waals surface area contributed by atoms with Gasteiger partial charge in [-0.05, 0) is 37.3 Å². The van der Waals surface area contributed by atoms with Crippen LogP contribution < -0.4 is 10.6 Å². The molecule has 1 aliphatic heterocycles. The van der Waals surface area contributed by atoms with E-state index in [0.717, 1.165) is 24.2 Å². The van der Waals surface area contributed by atoms with Crippen LogP contribution in [0.15, 0.2) is 10.8 Å². The number of hydrogen-bond acceptors (Lipinski definition) is 3. The van der Waals surface area contributed by atoms with Crippen LogP contribution in [0.2, 0.25) is 0 Å². The van der Waals surface area contributed by atoms with E-state index in [0.29, 0.717) is 6.04 Å². The molecule has 0 radical (unpaired) electrons. The highest BCUT2D eigenvalue weighted by molar-refractivity contribution is 7.08. The topological polar surface area (TPSA) is 41.1 Å². The van der Waals surface area contributed by atoms with Gasteiger partial charge in [0.1, 0.15) is 0 Å². The van der Waals surface area contributed by atoms with Gasteiger partial charge in [0.25, 0.3) is 5.91 Å². The molecule has 4 heteroatoms. The zero-order chi connectivity index (χ0) is 10.7.